The van der Waals surface area contributed by atoms with Gasteiger partial charge in [0.25, 0.3) is 0 Å². The van der Waals surface area contributed by atoms with Gasteiger partial charge in [0, 0.05) is 31.3 Å². The predicted molar refractivity (Wildman–Crippen MR) is 200 cm³/mol. The van der Waals surface area contributed by atoms with Gasteiger partial charge in [0.05, 0.1) is 0 Å². The molecular weight excluding hydrogens is 591 g/mol. The van der Waals surface area contributed by atoms with E-state index in [4.69, 9.17) is 9.98 Å². The van der Waals surface area contributed by atoms with E-state index in [-0.39, 0.29) is 6.17 Å². The van der Waals surface area contributed by atoms with E-state index in [0.717, 1.165) is 33.7 Å². The lowest BCUT2D eigenvalue weighted by atomic mass is 9.94. The van der Waals surface area contributed by atoms with Crippen molar-refractivity contribution in [2.24, 2.45) is 9.98 Å². The minimum atomic E-state index is -0.375. The second-order valence-electron chi connectivity index (χ2n) is 11.8. The van der Waals surface area contributed by atoms with Gasteiger partial charge in [-0.05, 0) is 50.7 Å². The number of amidine groups is 2. The van der Waals surface area contributed by atoms with E-state index >= 15 is 0 Å². The molecule has 0 bridgehead atoms. The Kier molecular flexibility index (Phi) is 6.72. The summed E-state index contributed by atoms with van der Waals surface area (Å²) < 4.78 is 2.63. The van der Waals surface area contributed by atoms with Crippen LogP contribution in [0.25, 0.3) is 53.2 Å². The van der Waals surface area contributed by atoms with Gasteiger partial charge in [-0.3, -0.25) is 0 Å². The van der Waals surface area contributed by atoms with Crippen LogP contribution in [0.5, 0.6) is 0 Å². The van der Waals surface area contributed by atoms with Crippen LogP contribution in [0.15, 0.2) is 174 Å². The number of rotatable bonds is 5. The molecule has 1 unspecified atom stereocenters. The summed E-state index contributed by atoms with van der Waals surface area (Å²) in [4.78, 5) is 10.3. The third kappa shape index (κ3) is 5.00. The fourth-order valence-electron chi connectivity index (χ4n) is 6.61. The van der Waals surface area contributed by atoms with E-state index in [9.17, 15) is 0 Å². The van der Waals surface area contributed by atoms with E-state index in [0.29, 0.717) is 0 Å². The lowest BCUT2D eigenvalue weighted by Gasteiger charge is -2.23. The molecule has 2 heterocycles. The largest absolute Gasteiger partial charge is 0.324 e. The number of hydrogen-bond donors (Lipinski definition) is 1. The van der Waals surface area contributed by atoms with Gasteiger partial charge < -0.3 is 5.32 Å². The molecule has 1 aliphatic rings. The molecule has 1 aliphatic heterocycles. The number of benzene rings is 7. The standard InChI is InChI=1S/C43H29N3S/c1-3-11-28(12-4-1)29-19-21-31(22-20-29)42-44-41(30-13-5-2-6-14-30)45-43(46-42)38-26-25-33(34-15-7-8-16-35(34)38)32-23-24-37-36-17-9-10-18-39(36)47-40(37)27-32/h1-27,42H,(H,44,45,46). The first-order chi connectivity index (χ1) is 23.3. The average molecular weight is 620 g/mol. The molecule has 1 atom stereocenters. The second kappa shape index (κ2) is 11.5. The molecule has 0 spiro atoms. The highest BCUT2D eigenvalue weighted by Crippen LogP contribution is 2.39. The molecule has 0 saturated carbocycles. The maximum absolute atomic E-state index is 5.24. The summed E-state index contributed by atoms with van der Waals surface area (Å²) in [6, 6.07) is 58.0. The Hall–Kier alpha value is -5.84. The Balaban J connectivity index is 1.15. The molecule has 8 aromatic rings. The third-order valence-corrected chi connectivity index (χ3v) is 10.1. The molecule has 0 amide bonds. The van der Waals surface area contributed by atoms with E-state index in [1.54, 1.807) is 0 Å². The van der Waals surface area contributed by atoms with E-state index in [1.807, 2.05) is 35.6 Å². The average Bonchev–Trinajstić information content (AvgIpc) is 3.53. The summed E-state index contributed by atoms with van der Waals surface area (Å²) in [5, 5.41) is 8.60. The van der Waals surface area contributed by atoms with Gasteiger partial charge in [-0.2, -0.15) is 0 Å². The summed E-state index contributed by atoms with van der Waals surface area (Å²) in [5.74, 6) is 1.63. The molecule has 47 heavy (non-hydrogen) atoms. The number of aliphatic imine (C=N–C) groups is 2. The zero-order valence-electron chi connectivity index (χ0n) is 25.5. The topological polar surface area (TPSA) is 36.8 Å². The van der Waals surface area contributed by atoms with Crippen LogP contribution in [-0.4, -0.2) is 11.7 Å². The van der Waals surface area contributed by atoms with Gasteiger partial charge >= 0.3 is 0 Å². The smallest absolute Gasteiger partial charge is 0.169 e. The van der Waals surface area contributed by atoms with Crippen molar-refractivity contribution < 1.29 is 0 Å². The lowest BCUT2D eigenvalue weighted by molar-refractivity contribution is 0.756. The van der Waals surface area contributed by atoms with Crippen molar-refractivity contribution in [2.75, 3.05) is 0 Å². The van der Waals surface area contributed by atoms with Crippen LogP contribution in [-0.2, 0) is 0 Å². The number of nitrogens with one attached hydrogen (secondary N) is 1. The van der Waals surface area contributed by atoms with Crippen molar-refractivity contribution in [1.29, 1.82) is 0 Å². The van der Waals surface area contributed by atoms with Crippen molar-refractivity contribution in [1.82, 2.24) is 5.32 Å². The summed E-state index contributed by atoms with van der Waals surface area (Å²) in [7, 11) is 0. The highest BCUT2D eigenvalue weighted by molar-refractivity contribution is 7.25. The van der Waals surface area contributed by atoms with Gasteiger partial charge in [0.15, 0.2) is 6.17 Å². The zero-order chi connectivity index (χ0) is 31.2. The van der Waals surface area contributed by atoms with Crippen molar-refractivity contribution >= 4 is 54.0 Å². The molecule has 9 rings (SSSR count). The van der Waals surface area contributed by atoms with Crippen LogP contribution in [0.2, 0.25) is 0 Å². The quantitative estimate of drug-likeness (QED) is 0.204. The van der Waals surface area contributed by atoms with E-state index in [2.05, 4.69) is 145 Å². The van der Waals surface area contributed by atoms with Crippen LogP contribution >= 0.6 is 11.3 Å². The maximum atomic E-state index is 5.24. The van der Waals surface area contributed by atoms with Gasteiger partial charge in [-0.15, -0.1) is 11.3 Å². The first-order valence-corrected chi connectivity index (χ1v) is 16.7. The fraction of sp³-hybridized carbons (Fsp3) is 0.0233. The molecule has 3 nitrogen and oxygen atoms in total. The van der Waals surface area contributed by atoms with Gasteiger partial charge in [-0.1, -0.05) is 152 Å². The SMILES string of the molecule is c1ccc(C2=NC(c3ccc(-c4ccccc4)cc3)N=C(c3ccc(-c4ccc5c(c4)sc4ccccc45)c4ccccc34)N2)cc1. The van der Waals surface area contributed by atoms with Crippen LogP contribution in [0.3, 0.4) is 0 Å². The molecule has 4 heteroatoms. The normalized spacial score (nSPS) is 14.6. The first kappa shape index (κ1) is 27.5. The van der Waals surface area contributed by atoms with Crippen molar-refractivity contribution in [3.05, 3.63) is 180 Å². The Morgan fingerprint density at radius 2 is 0.957 bits per heavy atom. The number of thiophene rings is 1. The number of fused-ring (bicyclic) bond motifs is 4. The van der Waals surface area contributed by atoms with Gasteiger partial charge in [0.1, 0.15) is 11.7 Å². The minimum absolute atomic E-state index is 0.375. The third-order valence-electron chi connectivity index (χ3n) is 8.97. The van der Waals surface area contributed by atoms with Crippen LogP contribution in [0, 0.1) is 0 Å². The van der Waals surface area contributed by atoms with Crippen molar-refractivity contribution in [2.45, 2.75) is 6.17 Å². The second-order valence-corrected chi connectivity index (χ2v) is 12.9. The predicted octanol–water partition coefficient (Wildman–Crippen LogP) is 11.0. The van der Waals surface area contributed by atoms with Crippen LogP contribution < -0.4 is 5.32 Å². The molecule has 222 valence electrons. The molecule has 1 N–H and O–H groups in total. The van der Waals surface area contributed by atoms with Crippen molar-refractivity contribution in [3.8, 4) is 22.3 Å². The molecule has 0 aliphatic carbocycles. The Morgan fingerprint density at radius 1 is 0.404 bits per heavy atom. The first-order valence-electron chi connectivity index (χ1n) is 15.9. The molecule has 0 fully saturated rings. The van der Waals surface area contributed by atoms with Gasteiger partial charge in [0.2, 0.25) is 0 Å². The van der Waals surface area contributed by atoms with E-state index in [1.165, 1.54) is 47.8 Å². The molecule has 0 radical (unpaired) electrons. The van der Waals surface area contributed by atoms with Gasteiger partial charge in [-0.25, -0.2) is 9.98 Å². The molecular formula is C43H29N3S. The monoisotopic (exact) mass is 619 g/mol. The van der Waals surface area contributed by atoms with Crippen LogP contribution in [0.1, 0.15) is 22.9 Å². The highest BCUT2D eigenvalue weighted by Gasteiger charge is 2.22. The maximum Gasteiger partial charge on any atom is 0.169 e. The highest BCUT2D eigenvalue weighted by atomic mass is 32.1. The van der Waals surface area contributed by atoms with Crippen LogP contribution in [0.4, 0.5) is 0 Å². The summed E-state index contributed by atoms with van der Waals surface area (Å²) in [6.07, 6.45) is -0.375. The number of nitrogens with zero attached hydrogens (tertiary/aromatic N) is 2. The molecule has 1 aromatic heterocycles. The molecule has 7 aromatic carbocycles. The lowest BCUT2D eigenvalue weighted by Crippen LogP contribution is -2.36. The Labute approximate surface area is 277 Å². The number of hydrogen-bond acceptors (Lipinski definition) is 4. The fourth-order valence-corrected chi connectivity index (χ4v) is 7.75. The Bertz CT molecular complexity index is 2480. The zero-order valence-corrected chi connectivity index (χ0v) is 26.3. The summed E-state index contributed by atoms with van der Waals surface area (Å²) >= 11 is 1.86. The Morgan fingerprint density at radius 3 is 1.72 bits per heavy atom. The minimum Gasteiger partial charge on any atom is -0.324 e. The summed E-state index contributed by atoms with van der Waals surface area (Å²) in [6.45, 7) is 0. The van der Waals surface area contributed by atoms with E-state index < -0.39 is 0 Å². The molecule has 0 saturated heterocycles. The van der Waals surface area contributed by atoms with Crippen molar-refractivity contribution in [3.63, 3.8) is 0 Å². The summed E-state index contributed by atoms with van der Waals surface area (Å²) in [5.41, 5.74) is 7.94.